The predicted molar refractivity (Wildman–Crippen MR) is 161 cm³/mol. The van der Waals surface area contributed by atoms with Gasteiger partial charge in [-0.25, -0.2) is 4.79 Å². The van der Waals surface area contributed by atoms with Crippen molar-refractivity contribution in [2.75, 3.05) is 16.0 Å². The first-order valence-corrected chi connectivity index (χ1v) is 15.0. The van der Waals surface area contributed by atoms with Crippen molar-refractivity contribution >= 4 is 63.2 Å². The quantitative estimate of drug-likeness (QED) is 0.285. The fraction of sp³-hybridized carbons (Fsp3) is 0.241. The number of allylic oxidation sites excluding steroid dienone is 3. The number of carbonyl (C=O) groups excluding carboxylic acids is 2. The number of thioether (sulfide) groups is 1. The van der Waals surface area contributed by atoms with Gasteiger partial charge in [0.05, 0.1) is 28.9 Å². The van der Waals surface area contributed by atoms with Crippen molar-refractivity contribution in [3.8, 4) is 6.07 Å². The standard InChI is InChI=1S/C29H25ClN6O4S2/c1-29(2)11-20-24(21(37)12-29)23(16-4-3-5-17(30)10-16)19(13-31)25(32)36(20)27-34-35-28(42-27)41-14-22(38)33-18-8-6-15(7-9-18)26(39)40/h3-10,23H,11-12,14,32H2,1-2H3,(H,33,38)(H,39,40). The summed E-state index contributed by atoms with van der Waals surface area (Å²) in [4.78, 5) is 38.8. The zero-order valence-electron chi connectivity index (χ0n) is 22.6. The van der Waals surface area contributed by atoms with E-state index in [9.17, 15) is 19.6 Å². The lowest BCUT2D eigenvalue weighted by molar-refractivity contribution is -0.118. The monoisotopic (exact) mass is 620 g/mol. The van der Waals surface area contributed by atoms with Crippen LogP contribution in [0.1, 0.15) is 48.5 Å². The van der Waals surface area contributed by atoms with Crippen LogP contribution in [-0.2, 0) is 9.59 Å². The lowest BCUT2D eigenvalue weighted by atomic mass is 9.69. The highest BCUT2D eigenvalue weighted by Gasteiger charge is 2.45. The van der Waals surface area contributed by atoms with E-state index < -0.39 is 11.9 Å². The number of nitrogens with one attached hydrogen (secondary N) is 1. The molecular formula is C29H25ClN6O4S2. The third kappa shape index (κ3) is 5.90. The molecule has 2 aromatic carbocycles. The molecule has 1 aromatic heterocycles. The SMILES string of the molecule is CC1(C)CC(=O)C2=C(C1)N(c1nnc(SCC(=O)Nc3ccc(C(=O)O)cc3)s1)C(N)=C(C#N)C2c1cccc(Cl)c1. The Morgan fingerprint density at radius 2 is 1.98 bits per heavy atom. The van der Waals surface area contributed by atoms with Crippen LogP contribution in [0.2, 0.25) is 5.02 Å². The number of hydrogen-bond acceptors (Lipinski definition) is 10. The number of halogens is 1. The maximum atomic E-state index is 13.6. The number of nitrogens with zero attached hydrogens (tertiary/aromatic N) is 4. The number of amides is 1. The summed E-state index contributed by atoms with van der Waals surface area (Å²) in [6.07, 6.45) is 0.844. The number of hydrogen-bond donors (Lipinski definition) is 3. The van der Waals surface area contributed by atoms with Crippen LogP contribution >= 0.6 is 34.7 Å². The number of carboxylic acids is 1. The smallest absolute Gasteiger partial charge is 0.335 e. The Morgan fingerprint density at radius 3 is 2.64 bits per heavy atom. The Morgan fingerprint density at radius 1 is 1.24 bits per heavy atom. The summed E-state index contributed by atoms with van der Waals surface area (Å²) >= 11 is 8.65. The number of anilines is 2. The number of aromatic carboxylic acids is 1. The number of nitrogens with two attached hydrogens (primary N) is 1. The number of nitriles is 1. The average molecular weight is 621 g/mol. The molecule has 0 saturated heterocycles. The van der Waals surface area contributed by atoms with Gasteiger partial charge in [0.25, 0.3) is 0 Å². The molecule has 0 saturated carbocycles. The molecule has 4 N–H and O–H groups in total. The number of Topliss-reactive ketones (excluding diaryl/α,β-unsaturated/α-hetero) is 1. The second-order valence-electron chi connectivity index (χ2n) is 10.6. The van der Waals surface area contributed by atoms with Crippen molar-refractivity contribution in [3.05, 3.63) is 87.3 Å². The molecule has 214 valence electrons. The highest BCUT2D eigenvalue weighted by Crippen LogP contribution is 2.50. The summed E-state index contributed by atoms with van der Waals surface area (Å²) in [6.45, 7) is 4.02. The molecule has 0 spiro atoms. The molecule has 0 fully saturated rings. The second-order valence-corrected chi connectivity index (χ2v) is 13.2. The van der Waals surface area contributed by atoms with E-state index in [2.05, 4.69) is 21.6 Å². The summed E-state index contributed by atoms with van der Waals surface area (Å²) in [7, 11) is 0. The van der Waals surface area contributed by atoms with Crippen LogP contribution in [0.5, 0.6) is 0 Å². The molecular weight excluding hydrogens is 596 g/mol. The first kappa shape index (κ1) is 29.3. The Hall–Kier alpha value is -4.18. The minimum atomic E-state index is -1.05. The molecule has 13 heteroatoms. The first-order valence-electron chi connectivity index (χ1n) is 12.8. The van der Waals surface area contributed by atoms with Gasteiger partial charge in [0.2, 0.25) is 11.0 Å². The molecule has 1 aliphatic heterocycles. The van der Waals surface area contributed by atoms with Gasteiger partial charge in [-0.05, 0) is 53.8 Å². The lowest BCUT2D eigenvalue weighted by Crippen LogP contribution is -2.42. The molecule has 42 heavy (non-hydrogen) atoms. The third-order valence-corrected chi connectivity index (χ3v) is 9.17. The van der Waals surface area contributed by atoms with E-state index in [1.165, 1.54) is 47.4 Å². The van der Waals surface area contributed by atoms with Gasteiger partial charge in [0.1, 0.15) is 5.82 Å². The number of carboxylic acid groups (broad SMARTS) is 1. The molecule has 0 bridgehead atoms. The van der Waals surface area contributed by atoms with E-state index in [1.807, 2.05) is 19.9 Å². The number of rotatable bonds is 7. The molecule has 1 amide bonds. The van der Waals surface area contributed by atoms with Crippen LogP contribution in [0.15, 0.2) is 75.5 Å². The van der Waals surface area contributed by atoms with Gasteiger partial charge in [-0.1, -0.05) is 60.7 Å². The van der Waals surface area contributed by atoms with Crippen molar-refractivity contribution in [1.82, 2.24) is 10.2 Å². The van der Waals surface area contributed by atoms with Crippen LogP contribution in [-0.4, -0.2) is 38.7 Å². The summed E-state index contributed by atoms with van der Waals surface area (Å²) in [5.41, 5.74) is 9.00. The molecule has 3 aromatic rings. The zero-order chi connectivity index (χ0) is 30.2. The number of benzene rings is 2. The third-order valence-electron chi connectivity index (χ3n) is 6.89. The van der Waals surface area contributed by atoms with Crippen LogP contribution in [0.3, 0.4) is 0 Å². The van der Waals surface area contributed by atoms with E-state index in [0.717, 1.165) is 0 Å². The summed E-state index contributed by atoms with van der Waals surface area (Å²) < 4.78 is 0.494. The fourth-order valence-corrected chi connectivity index (χ4v) is 7.00. The molecule has 2 aliphatic rings. The van der Waals surface area contributed by atoms with Gasteiger partial charge < -0.3 is 16.2 Å². The maximum absolute atomic E-state index is 13.6. The molecule has 10 nitrogen and oxygen atoms in total. The van der Waals surface area contributed by atoms with Crippen LogP contribution in [0.4, 0.5) is 10.8 Å². The van der Waals surface area contributed by atoms with E-state index in [1.54, 1.807) is 23.1 Å². The van der Waals surface area contributed by atoms with Gasteiger partial charge in [-0.3, -0.25) is 14.5 Å². The summed E-state index contributed by atoms with van der Waals surface area (Å²) in [6, 6.07) is 15.2. The van der Waals surface area contributed by atoms with Crippen LogP contribution < -0.4 is 16.0 Å². The topological polar surface area (TPSA) is 162 Å². The normalized spacial score (nSPS) is 18.0. The first-order chi connectivity index (χ1) is 20.0. The Bertz CT molecular complexity index is 1710. The summed E-state index contributed by atoms with van der Waals surface area (Å²) in [5.74, 6) is -1.88. The lowest BCUT2D eigenvalue weighted by Gasteiger charge is -2.42. The highest BCUT2D eigenvalue weighted by atomic mass is 35.5. The highest BCUT2D eigenvalue weighted by molar-refractivity contribution is 8.01. The zero-order valence-corrected chi connectivity index (χ0v) is 24.9. The fourth-order valence-electron chi connectivity index (χ4n) is 5.12. The Kier molecular flexibility index (Phi) is 8.10. The van der Waals surface area contributed by atoms with Crippen LogP contribution in [0.25, 0.3) is 0 Å². The van der Waals surface area contributed by atoms with Crippen molar-refractivity contribution in [2.45, 2.75) is 36.9 Å². The van der Waals surface area contributed by atoms with Gasteiger partial charge in [-0.15, -0.1) is 10.2 Å². The number of ketones is 1. The maximum Gasteiger partial charge on any atom is 0.335 e. The van der Waals surface area contributed by atoms with E-state index >= 15 is 0 Å². The molecule has 1 unspecified atom stereocenters. The van der Waals surface area contributed by atoms with Gasteiger partial charge in [0.15, 0.2) is 10.1 Å². The molecule has 1 atom stereocenters. The van der Waals surface area contributed by atoms with Gasteiger partial charge in [-0.2, -0.15) is 5.26 Å². The minimum absolute atomic E-state index is 0.0282. The summed E-state index contributed by atoms with van der Waals surface area (Å²) in [5, 5.41) is 31.4. The van der Waals surface area contributed by atoms with Crippen molar-refractivity contribution < 1.29 is 19.5 Å². The largest absolute Gasteiger partial charge is 0.478 e. The van der Waals surface area contributed by atoms with Gasteiger partial charge >= 0.3 is 5.97 Å². The average Bonchev–Trinajstić information content (AvgIpc) is 3.39. The molecule has 2 heterocycles. The second kappa shape index (κ2) is 11.6. The predicted octanol–water partition coefficient (Wildman–Crippen LogP) is 5.56. The molecule has 0 radical (unpaired) electrons. The van der Waals surface area contributed by atoms with Crippen molar-refractivity contribution in [3.63, 3.8) is 0 Å². The Balaban J connectivity index is 1.42. The van der Waals surface area contributed by atoms with Crippen molar-refractivity contribution in [1.29, 1.82) is 5.26 Å². The van der Waals surface area contributed by atoms with E-state index in [4.69, 9.17) is 22.4 Å². The van der Waals surface area contributed by atoms with Gasteiger partial charge in [0, 0.05) is 28.4 Å². The number of carbonyl (C=O) groups is 3. The molecule has 5 rings (SSSR count). The van der Waals surface area contributed by atoms with Crippen molar-refractivity contribution in [2.24, 2.45) is 11.1 Å². The Labute approximate surface area is 254 Å². The molecule has 1 aliphatic carbocycles. The van der Waals surface area contributed by atoms with Crippen LogP contribution in [0, 0.1) is 16.7 Å². The van der Waals surface area contributed by atoms with E-state index in [-0.39, 0.29) is 39.8 Å². The van der Waals surface area contributed by atoms with E-state index in [0.29, 0.717) is 49.9 Å². The minimum Gasteiger partial charge on any atom is -0.478 e. The number of aromatic nitrogens is 2.